The van der Waals surface area contributed by atoms with Gasteiger partial charge in [0.15, 0.2) is 6.10 Å². The summed E-state index contributed by atoms with van der Waals surface area (Å²) in [5.41, 5.74) is 9.43. The van der Waals surface area contributed by atoms with Crippen LogP contribution in [0, 0.1) is 13.8 Å². The summed E-state index contributed by atoms with van der Waals surface area (Å²) >= 11 is 0. The van der Waals surface area contributed by atoms with Gasteiger partial charge in [0.1, 0.15) is 5.75 Å². The standard InChI is InChI=1S/C17H24N2O2/c1-11-7-13-9-16(21-15(13)8-12(11)2)17(20)19-6-4-3-5-14(19)10-18/h7-8,14,16H,3-6,9-10,18H2,1-2H3. The highest BCUT2D eigenvalue weighted by Crippen LogP contribution is 2.32. The van der Waals surface area contributed by atoms with Crippen LogP contribution in [0.5, 0.6) is 5.75 Å². The van der Waals surface area contributed by atoms with Gasteiger partial charge in [0.05, 0.1) is 0 Å². The summed E-state index contributed by atoms with van der Waals surface area (Å²) in [6, 6.07) is 4.38. The summed E-state index contributed by atoms with van der Waals surface area (Å²) < 4.78 is 5.92. The number of fused-ring (bicyclic) bond motifs is 1. The molecule has 1 aromatic rings. The maximum atomic E-state index is 12.8. The molecule has 1 aromatic carbocycles. The van der Waals surface area contributed by atoms with Crippen LogP contribution < -0.4 is 10.5 Å². The molecule has 2 aliphatic heterocycles. The van der Waals surface area contributed by atoms with E-state index in [1.165, 1.54) is 11.1 Å². The molecule has 1 saturated heterocycles. The van der Waals surface area contributed by atoms with Gasteiger partial charge in [-0.25, -0.2) is 0 Å². The third-order valence-corrected chi connectivity index (χ3v) is 4.81. The number of nitrogens with two attached hydrogens (primary N) is 1. The van der Waals surface area contributed by atoms with Gasteiger partial charge in [0.2, 0.25) is 0 Å². The van der Waals surface area contributed by atoms with E-state index in [0.717, 1.165) is 37.1 Å². The van der Waals surface area contributed by atoms with Gasteiger partial charge in [-0.3, -0.25) is 4.79 Å². The second kappa shape index (κ2) is 5.68. The highest BCUT2D eigenvalue weighted by molar-refractivity contribution is 5.83. The van der Waals surface area contributed by atoms with E-state index in [1.807, 2.05) is 4.90 Å². The summed E-state index contributed by atoms with van der Waals surface area (Å²) in [5.74, 6) is 0.981. The molecule has 21 heavy (non-hydrogen) atoms. The zero-order valence-corrected chi connectivity index (χ0v) is 12.9. The Labute approximate surface area is 126 Å². The predicted octanol–water partition coefficient (Wildman–Crippen LogP) is 1.95. The number of carbonyl (C=O) groups is 1. The van der Waals surface area contributed by atoms with Crippen molar-refractivity contribution in [1.29, 1.82) is 0 Å². The molecular weight excluding hydrogens is 264 g/mol. The van der Waals surface area contributed by atoms with Crippen LogP contribution in [0.2, 0.25) is 0 Å². The van der Waals surface area contributed by atoms with E-state index in [4.69, 9.17) is 10.5 Å². The first-order valence-corrected chi connectivity index (χ1v) is 7.87. The van der Waals surface area contributed by atoms with Crippen LogP contribution in [-0.4, -0.2) is 36.0 Å². The molecule has 0 bridgehead atoms. The SMILES string of the molecule is Cc1cc2c(cc1C)OC(C(=O)N1CCCCC1CN)C2. The van der Waals surface area contributed by atoms with Crippen molar-refractivity contribution < 1.29 is 9.53 Å². The average Bonchev–Trinajstić information content (AvgIpc) is 2.89. The van der Waals surface area contributed by atoms with Crippen LogP contribution in [0.15, 0.2) is 12.1 Å². The minimum Gasteiger partial charge on any atom is -0.480 e. The van der Waals surface area contributed by atoms with E-state index in [2.05, 4.69) is 26.0 Å². The Morgan fingerprint density at radius 3 is 2.86 bits per heavy atom. The fourth-order valence-corrected chi connectivity index (χ4v) is 3.37. The van der Waals surface area contributed by atoms with Gasteiger partial charge in [-0.1, -0.05) is 6.07 Å². The largest absolute Gasteiger partial charge is 0.480 e. The Morgan fingerprint density at radius 2 is 2.10 bits per heavy atom. The molecule has 2 atom stereocenters. The van der Waals surface area contributed by atoms with E-state index >= 15 is 0 Å². The van der Waals surface area contributed by atoms with Crippen molar-refractivity contribution in [1.82, 2.24) is 4.90 Å². The fraction of sp³-hybridized carbons (Fsp3) is 0.588. The number of ether oxygens (including phenoxy) is 1. The average molecular weight is 288 g/mol. The highest BCUT2D eigenvalue weighted by Gasteiger charge is 2.36. The lowest BCUT2D eigenvalue weighted by atomic mass is 9.99. The third-order valence-electron chi connectivity index (χ3n) is 4.81. The van der Waals surface area contributed by atoms with Crippen molar-refractivity contribution in [3.05, 3.63) is 28.8 Å². The van der Waals surface area contributed by atoms with Gasteiger partial charge >= 0.3 is 0 Å². The zero-order valence-electron chi connectivity index (χ0n) is 12.9. The quantitative estimate of drug-likeness (QED) is 0.905. The van der Waals surface area contributed by atoms with Crippen LogP contribution >= 0.6 is 0 Å². The lowest BCUT2D eigenvalue weighted by Crippen LogP contribution is -2.52. The number of hydrogen-bond acceptors (Lipinski definition) is 3. The maximum absolute atomic E-state index is 12.8. The summed E-state index contributed by atoms with van der Waals surface area (Å²) in [5, 5.41) is 0. The summed E-state index contributed by atoms with van der Waals surface area (Å²) in [4.78, 5) is 14.7. The van der Waals surface area contributed by atoms with Crippen LogP contribution in [0.3, 0.4) is 0 Å². The predicted molar refractivity (Wildman–Crippen MR) is 82.4 cm³/mol. The second-order valence-corrected chi connectivity index (χ2v) is 6.27. The van der Waals surface area contributed by atoms with Gasteiger partial charge in [-0.2, -0.15) is 0 Å². The molecule has 1 amide bonds. The zero-order chi connectivity index (χ0) is 15.0. The van der Waals surface area contributed by atoms with E-state index in [1.54, 1.807) is 0 Å². The van der Waals surface area contributed by atoms with Gasteiger partial charge in [0, 0.05) is 25.6 Å². The number of benzene rings is 1. The molecule has 0 aliphatic carbocycles. The Hall–Kier alpha value is -1.55. The Balaban J connectivity index is 1.75. The molecule has 0 aromatic heterocycles. The van der Waals surface area contributed by atoms with Gasteiger partial charge in [-0.15, -0.1) is 0 Å². The fourth-order valence-electron chi connectivity index (χ4n) is 3.37. The lowest BCUT2D eigenvalue weighted by Gasteiger charge is -2.36. The monoisotopic (exact) mass is 288 g/mol. The number of carbonyl (C=O) groups excluding carboxylic acids is 1. The van der Waals surface area contributed by atoms with Crippen molar-refractivity contribution in [3.63, 3.8) is 0 Å². The molecule has 2 unspecified atom stereocenters. The second-order valence-electron chi connectivity index (χ2n) is 6.27. The van der Waals surface area contributed by atoms with Crippen molar-refractivity contribution in [2.24, 2.45) is 5.73 Å². The number of likely N-dealkylation sites (tertiary alicyclic amines) is 1. The molecule has 3 rings (SSSR count). The lowest BCUT2D eigenvalue weighted by molar-refractivity contribution is -0.141. The normalized spacial score (nSPS) is 24.6. The van der Waals surface area contributed by atoms with Crippen LogP contribution in [0.1, 0.15) is 36.0 Å². The molecule has 1 fully saturated rings. The maximum Gasteiger partial charge on any atom is 0.264 e. The van der Waals surface area contributed by atoms with Crippen LogP contribution in [0.25, 0.3) is 0 Å². The first kappa shape index (κ1) is 14.4. The summed E-state index contributed by atoms with van der Waals surface area (Å²) in [7, 11) is 0. The smallest absolute Gasteiger partial charge is 0.264 e. The van der Waals surface area contributed by atoms with E-state index in [9.17, 15) is 4.79 Å². The number of aryl methyl sites for hydroxylation is 2. The Bertz CT molecular complexity index is 525. The molecule has 2 heterocycles. The molecule has 0 saturated carbocycles. The van der Waals surface area contributed by atoms with Gasteiger partial charge < -0.3 is 15.4 Å². The molecular formula is C17H24N2O2. The molecule has 0 spiro atoms. The first-order chi connectivity index (χ1) is 10.1. The first-order valence-electron chi connectivity index (χ1n) is 7.87. The van der Waals surface area contributed by atoms with E-state index < -0.39 is 0 Å². The minimum atomic E-state index is -0.367. The van der Waals surface area contributed by atoms with Crippen molar-refractivity contribution >= 4 is 5.91 Å². The third kappa shape index (κ3) is 2.64. The highest BCUT2D eigenvalue weighted by atomic mass is 16.5. The molecule has 2 N–H and O–H groups in total. The van der Waals surface area contributed by atoms with Crippen molar-refractivity contribution in [2.75, 3.05) is 13.1 Å². The van der Waals surface area contributed by atoms with E-state index in [-0.39, 0.29) is 18.1 Å². The van der Waals surface area contributed by atoms with Crippen molar-refractivity contribution in [2.45, 2.75) is 51.7 Å². The molecule has 4 heteroatoms. The van der Waals surface area contributed by atoms with Crippen molar-refractivity contribution in [3.8, 4) is 5.75 Å². The topological polar surface area (TPSA) is 55.6 Å². The number of piperidine rings is 1. The molecule has 0 radical (unpaired) electrons. The Kier molecular flexibility index (Phi) is 3.89. The molecule has 114 valence electrons. The summed E-state index contributed by atoms with van der Waals surface area (Å²) in [6.45, 7) is 5.53. The number of rotatable bonds is 2. The van der Waals surface area contributed by atoms with Crippen LogP contribution in [-0.2, 0) is 11.2 Å². The number of nitrogens with zero attached hydrogens (tertiary/aromatic N) is 1. The van der Waals surface area contributed by atoms with E-state index in [0.29, 0.717) is 13.0 Å². The number of amides is 1. The minimum absolute atomic E-state index is 0.108. The summed E-state index contributed by atoms with van der Waals surface area (Å²) in [6.07, 6.45) is 3.56. The molecule has 2 aliphatic rings. The Morgan fingerprint density at radius 1 is 1.33 bits per heavy atom. The number of hydrogen-bond donors (Lipinski definition) is 1. The van der Waals surface area contributed by atoms with Gasteiger partial charge in [0.25, 0.3) is 5.91 Å². The van der Waals surface area contributed by atoms with Crippen LogP contribution in [0.4, 0.5) is 0 Å². The van der Waals surface area contributed by atoms with Gasteiger partial charge in [-0.05, 0) is 55.9 Å². The molecule has 4 nitrogen and oxygen atoms in total.